The van der Waals surface area contributed by atoms with Crippen LogP contribution >= 0.6 is 11.8 Å². The number of para-hydroxylation sites is 1. The number of H-pyrrole nitrogens is 1. The van der Waals surface area contributed by atoms with E-state index < -0.39 is 11.2 Å². The highest BCUT2D eigenvalue weighted by Crippen LogP contribution is 2.14. The molecule has 1 heterocycles. The van der Waals surface area contributed by atoms with Crippen molar-refractivity contribution in [2.24, 2.45) is 0 Å². The van der Waals surface area contributed by atoms with Crippen molar-refractivity contribution >= 4 is 11.8 Å². The lowest BCUT2D eigenvalue weighted by molar-refractivity contribution is 0.820. The monoisotopic (exact) mass is 273 g/mol. The minimum absolute atomic E-state index is 0.0460. The van der Waals surface area contributed by atoms with Crippen LogP contribution < -0.4 is 11.2 Å². The third-order valence-corrected chi connectivity index (χ3v) is 3.45. The molecule has 5 nitrogen and oxygen atoms in total. The van der Waals surface area contributed by atoms with Crippen molar-refractivity contribution in [1.29, 1.82) is 5.26 Å². The third kappa shape index (κ3) is 2.20. The Labute approximate surface area is 113 Å². The van der Waals surface area contributed by atoms with Gasteiger partial charge in [-0.2, -0.15) is 5.26 Å². The normalized spacial score (nSPS) is 10.2. The summed E-state index contributed by atoms with van der Waals surface area (Å²) in [5.41, 5.74) is 0.0942. The molecule has 2 rings (SSSR count). The van der Waals surface area contributed by atoms with Crippen LogP contribution in [0.1, 0.15) is 11.1 Å². The number of hydrogen-bond donors (Lipinski definition) is 1. The standard InChI is InChI=1S/C13H11N3O2S/c1-8-5-3-4-6-10(8)16-12(17)9(7-14)11(19-2)15-13(16)18/h3-6H,1-2H3,(H,15,18). The molecular weight excluding hydrogens is 262 g/mol. The summed E-state index contributed by atoms with van der Waals surface area (Å²) in [4.78, 5) is 26.8. The summed E-state index contributed by atoms with van der Waals surface area (Å²) >= 11 is 1.17. The number of nitrogens with one attached hydrogen (secondary N) is 1. The molecule has 0 unspecified atom stereocenters. The second-order valence-electron chi connectivity index (χ2n) is 3.88. The molecule has 6 heteroatoms. The van der Waals surface area contributed by atoms with E-state index in [1.807, 2.05) is 12.1 Å². The zero-order chi connectivity index (χ0) is 14.0. The molecule has 0 amide bonds. The minimum atomic E-state index is -0.593. The molecule has 0 aliphatic rings. The van der Waals surface area contributed by atoms with Crippen molar-refractivity contribution in [3.05, 3.63) is 56.2 Å². The van der Waals surface area contributed by atoms with Gasteiger partial charge in [-0.15, -0.1) is 11.8 Å². The maximum absolute atomic E-state index is 12.3. The van der Waals surface area contributed by atoms with E-state index in [1.54, 1.807) is 31.4 Å². The fourth-order valence-electron chi connectivity index (χ4n) is 1.80. The van der Waals surface area contributed by atoms with E-state index >= 15 is 0 Å². The summed E-state index contributed by atoms with van der Waals surface area (Å²) in [5.74, 6) is 0. The van der Waals surface area contributed by atoms with E-state index in [9.17, 15) is 9.59 Å². The van der Waals surface area contributed by atoms with Gasteiger partial charge in [0.15, 0.2) is 0 Å². The van der Waals surface area contributed by atoms with Gasteiger partial charge in [0.25, 0.3) is 5.56 Å². The molecule has 0 aliphatic heterocycles. The smallest absolute Gasteiger partial charge is 0.300 e. The second kappa shape index (κ2) is 5.16. The van der Waals surface area contributed by atoms with Gasteiger partial charge in [0, 0.05) is 0 Å². The Balaban J connectivity index is 2.88. The number of aryl methyl sites for hydroxylation is 1. The third-order valence-electron chi connectivity index (χ3n) is 2.74. The number of aromatic amines is 1. The zero-order valence-corrected chi connectivity index (χ0v) is 11.2. The number of aromatic nitrogens is 2. The topological polar surface area (TPSA) is 78.7 Å². The highest BCUT2D eigenvalue weighted by molar-refractivity contribution is 7.98. The first-order chi connectivity index (χ1) is 9.10. The second-order valence-corrected chi connectivity index (χ2v) is 4.69. The van der Waals surface area contributed by atoms with Gasteiger partial charge in [-0.3, -0.25) is 4.79 Å². The number of thioether (sulfide) groups is 1. The molecule has 0 spiro atoms. The first-order valence-electron chi connectivity index (χ1n) is 5.49. The van der Waals surface area contributed by atoms with Gasteiger partial charge in [-0.05, 0) is 24.8 Å². The lowest BCUT2D eigenvalue weighted by Gasteiger charge is -2.09. The van der Waals surface area contributed by atoms with Crippen LogP contribution in [0, 0.1) is 18.3 Å². The fourth-order valence-corrected chi connectivity index (χ4v) is 2.33. The summed E-state index contributed by atoms with van der Waals surface area (Å²) in [6.07, 6.45) is 1.70. The summed E-state index contributed by atoms with van der Waals surface area (Å²) < 4.78 is 0.994. The van der Waals surface area contributed by atoms with E-state index in [4.69, 9.17) is 5.26 Å². The summed E-state index contributed by atoms with van der Waals surface area (Å²) in [6, 6.07) is 8.88. The van der Waals surface area contributed by atoms with Gasteiger partial charge >= 0.3 is 5.69 Å². The fraction of sp³-hybridized carbons (Fsp3) is 0.154. The van der Waals surface area contributed by atoms with Crippen LogP contribution in [0.2, 0.25) is 0 Å². The largest absolute Gasteiger partial charge is 0.333 e. The number of rotatable bonds is 2. The number of nitrogens with zero attached hydrogens (tertiary/aromatic N) is 2. The van der Waals surface area contributed by atoms with Crippen LogP contribution in [-0.4, -0.2) is 15.8 Å². The van der Waals surface area contributed by atoms with Crippen LogP contribution in [0.25, 0.3) is 5.69 Å². The van der Waals surface area contributed by atoms with Gasteiger partial charge in [0.1, 0.15) is 11.6 Å². The molecule has 19 heavy (non-hydrogen) atoms. The molecule has 0 aliphatic carbocycles. The quantitative estimate of drug-likeness (QED) is 0.663. The Morgan fingerprint density at radius 1 is 1.32 bits per heavy atom. The van der Waals surface area contributed by atoms with Gasteiger partial charge < -0.3 is 4.98 Å². The van der Waals surface area contributed by atoms with Crippen molar-refractivity contribution in [3.8, 4) is 11.8 Å². The van der Waals surface area contributed by atoms with Crippen LogP contribution in [-0.2, 0) is 0 Å². The van der Waals surface area contributed by atoms with Gasteiger partial charge in [0.05, 0.1) is 10.7 Å². The Hall–Kier alpha value is -2.26. The van der Waals surface area contributed by atoms with Crippen molar-refractivity contribution < 1.29 is 0 Å². The maximum Gasteiger partial charge on any atom is 0.333 e. The van der Waals surface area contributed by atoms with Gasteiger partial charge in [0.2, 0.25) is 0 Å². The van der Waals surface area contributed by atoms with Crippen molar-refractivity contribution in [1.82, 2.24) is 9.55 Å². The predicted octanol–water partition coefficient (Wildman–Crippen LogP) is 1.43. The number of nitriles is 1. The molecular formula is C13H11N3O2S. The Kier molecular flexibility index (Phi) is 3.58. The molecule has 0 bridgehead atoms. The van der Waals surface area contributed by atoms with E-state index in [1.165, 1.54) is 11.8 Å². The van der Waals surface area contributed by atoms with E-state index in [0.717, 1.165) is 10.1 Å². The van der Waals surface area contributed by atoms with Gasteiger partial charge in [-0.1, -0.05) is 18.2 Å². The van der Waals surface area contributed by atoms with Crippen molar-refractivity contribution in [3.63, 3.8) is 0 Å². The summed E-state index contributed by atoms with van der Waals surface area (Å²) in [5, 5.41) is 9.36. The molecule has 0 radical (unpaired) electrons. The molecule has 1 N–H and O–H groups in total. The lowest BCUT2D eigenvalue weighted by atomic mass is 10.2. The zero-order valence-electron chi connectivity index (χ0n) is 10.4. The van der Waals surface area contributed by atoms with Crippen molar-refractivity contribution in [2.45, 2.75) is 11.9 Å². The van der Waals surface area contributed by atoms with E-state index in [-0.39, 0.29) is 5.56 Å². The molecule has 2 aromatic rings. The first-order valence-corrected chi connectivity index (χ1v) is 6.72. The highest BCUT2D eigenvalue weighted by Gasteiger charge is 2.15. The predicted molar refractivity (Wildman–Crippen MR) is 73.9 cm³/mol. The van der Waals surface area contributed by atoms with Crippen LogP contribution in [0.4, 0.5) is 0 Å². The average molecular weight is 273 g/mol. The summed E-state index contributed by atoms with van der Waals surface area (Å²) in [7, 11) is 0. The summed E-state index contributed by atoms with van der Waals surface area (Å²) in [6.45, 7) is 1.80. The highest BCUT2D eigenvalue weighted by atomic mass is 32.2. The van der Waals surface area contributed by atoms with Crippen LogP contribution in [0.3, 0.4) is 0 Å². The maximum atomic E-state index is 12.3. The Morgan fingerprint density at radius 2 is 2.00 bits per heavy atom. The SMILES string of the molecule is CSc1[nH]c(=O)n(-c2ccccc2C)c(=O)c1C#N. The van der Waals surface area contributed by atoms with Crippen LogP contribution in [0.15, 0.2) is 38.9 Å². The molecule has 1 aromatic heterocycles. The van der Waals surface area contributed by atoms with E-state index in [2.05, 4.69) is 4.98 Å². The molecule has 1 aromatic carbocycles. The Bertz CT molecular complexity index is 784. The Morgan fingerprint density at radius 3 is 2.58 bits per heavy atom. The molecule has 0 atom stereocenters. The van der Waals surface area contributed by atoms with Gasteiger partial charge in [-0.25, -0.2) is 9.36 Å². The molecule has 0 fully saturated rings. The molecule has 0 saturated carbocycles. The van der Waals surface area contributed by atoms with Crippen LogP contribution in [0.5, 0.6) is 0 Å². The van der Waals surface area contributed by atoms with E-state index in [0.29, 0.717) is 10.7 Å². The average Bonchev–Trinajstić information content (AvgIpc) is 2.40. The lowest BCUT2D eigenvalue weighted by Crippen LogP contribution is -2.36. The molecule has 0 saturated heterocycles. The molecule has 96 valence electrons. The number of hydrogen-bond acceptors (Lipinski definition) is 4. The first kappa shape index (κ1) is 13.2. The minimum Gasteiger partial charge on any atom is -0.300 e. The number of benzene rings is 1. The van der Waals surface area contributed by atoms with Crippen molar-refractivity contribution in [2.75, 3.05) is 6.26 Å².